The first kappa shape index (κ1) is 27.1. The summed E-state index contributed by atoms with van der Waals surface area (Å²) < 4.78 is 22.7. The van der Waals surface area contributed by atoms with Crippen LogP contribution in [0.15, 0.2) is 29.2 Å². The summed E-state index contributed by atoms with van der Waals surface area (Å²) in [5.41, 5.74) is 0.336. The molecule has 2 atom stereocenters. The Hall–Kier alpha value is -1.92. The summed E-state index contributed by atoms with van der Waals surface area (Å²) in [6, 6.07) is 4.44. The zero-order valence-corrected chi connectivity index (χ0v) is 17.5. The van der Waals surface area contributed by atoms with Crippen LogP contribution in [0.2, 0.25) is 0 Å². The van der Waals surface area contributed by atoms with Gasteiger partial charge in [0.15, 0.2) is 14.7 Å². The number of halogens is 2. The molecule has 1 rings (SSSR count). The third-order valence-electron chi connectivity index (χ3n) is 3.31. The van der Waals surface area contributed by atoms with Gasteiger partial charge in [0.25, 0.3) is 5.91 Å². The summed E-state index contributed by atoms with van der Waals surface area (Å²) in [5.74, 6) is -2.90. The highest BCUT2D eigenvalue weighted by atomic mass is 35.5. The van der Waals surface area contributed by atoms with Crippen LogP contribution in [-0.2, 0) is 24.2 Å². The number of amides is 1. The molecule has 0 unspecified atom stereocenters. The minimum atomic E-state index is -3.34. The van der Waals surface area contributed by atoms with Gasteiger partial charge < -0.3 is 25.7 Å². The summed E-state index contributed by atoms with van der Waals surface area (Å²) in [6.45, 7) is -0.540. The predicted octanol–water partition coefficient (Wildman–Crippen LogP) is 0.340. The zero-order valence-electron chi connectivity index (χ0n) is 15.2. The summed E-state index contributed by atoms with van der Waals surface area (Å²) in [7, 11) is -3.34. The lowest BCUT2D eigenvalue weighted by molar-refractivity contribution is -0.143. The van der Waals surface area contributed by atoms with Crippen molar-refractivity contribution in [2.24, 2.45) is 0 Å². The number of carbonyl (C=O) groups excluding carboxylic acids is 1. The maximum Gasteiger partial charge on any atom is 0.303 e. The number of aliphatic hydroxyl groups excluding tert-OH is 2. The molecule has 0 saturated heterocycles. The number of benzene rings is 1. The molecule has 0 aromatic heterocycles. The Morgan fingerprint density at radius 2 is 1.48 bits per heavy atom. The fraction of sp³-hybridized carbons (Fsp3) is 0.438. The minimum Gasteiger partial charge on any atom is -0.481 e. The SMILES string of the molecule is CS(=O)(=O)c1ccc([C@@H](O)[C@@H](CO)NC(=O)C(Cl)Cl)cc1.O=C(O)CCC(=O)O. The highest BCUT2D eigenvalue weighted by Crippen LogP contribution is 2.20. The number of hydrogen-bond acceptors (Lipinski definition) is 7. The number of carbonyl (C=O) groups is 3. The molecule has 0 heterocycles. The van der Waals surface area contributed by atoms with E-state index in [1.54, 1.807) is 0 Å². The van der Waals surface area contributed by atoms with Gasteiger partial charge in [0.2, 0.25) is 0 Å². The van der Waals surface area contributed by atoms with E-state index < -0.39 is 51.3 Å². The first-order valence-corrected chi connectivity index (χ1v) is 10.7. The molecule has 29 heavy (non-hydrogen) atoms. The Balaban J connectivity index is 0.000000828. The molecule has 0 spiro atoms. The molecule has 0 bridgehead atoms. The van der Waals surface area contributed by atoms with E-state index in [-0.39, 0.29) is 17.7 Å². The van der Waals surface area contributed by atoms with Crippen molar-refractivity contribution in [2.45, 2.75) is 34.7 Å². The molecule has 0 aliphatic carbocycles. The molecule has 1 aromatic rings. The van der Waals surface area contributed by atoms with Crippen molar-refractivity contribution in [1.82, 2.24) is 5.32 Å². The molecule has 10 nitrogen and oxygen atoms in total. The quantitative estimate of drug-likeness (QED) is 0.316. The summed E-state index contributed by atoms with van der Waals surface area (Å²) in [4.78, 5) is 29.4. The highest BCUT2D eigenvalue weighted by Gasteiger charge is 2.24. The zero-order chi connectivity index (χ0) is 22.8. The minimum absolute atomic E-state index is 0.101. The topological polar surface area (TPSA) is 178 Å². The number of sulfone groups is 1. The lowest BCUT2D eigenvalue weighted by Gasteiger charge is -2.23. The van der Waals surface area contributed by atoms with E-state index in [9.17, 15) is 33.0 Å². The maximum atomic E-state index is 11.4. The van der Waals surface area contributed by atoms with Crippen LogP contribution in [0.5, 0.6) is 0 Å². The van der Waals surface area contributed by atoms with Crippen LogP contribution in [0, 0.1) is 0 Å². The average Bonchev–Trinajstić information content (AvgIpc) is 2.63. The number of carboxylic acid groups (broad SMARTS) is 2. The fourth-order valence-electron chi connectivity index (χ4n) is 1.83. The van der Waals surface area contributed by atoms with Gasteiger partial charge in [-0.25, -0.2) is 8.42 Å². The number of hydrogen-bond donors (Lipinski definition) is 5. The largest absolute Gasteiger partial charge is 0.481 e. The summed E-state index contributed by atoms with van der Waals surface area (Å²) in [5, 5.41) is 37.4. The standard InChI is InChI=1S/C12H15Cl2NO5S.C4H6O4/c1-21(19,20)8-4-2-7(3-5-8)10(17)9(6-16)15-12(18)11(13)14;5-3(6)1-2-4(7)8/h2-5,9-11,16-17H,6H2,1H3,(H,15,18);1-2H2,(H,5,6)(H,7,8)/t9-,10-;/m1./s1. The molecule has 0 aliphatic rings. The second-order valence-electron chi connectivity index (χ2n) is 5.67. The maximum absolute atomic E-state index is 11.4. The van der Waals surface area contributed by atoms with Crippen molar-refractivity contribution < 1.29 is 43.2 Å². The Kier molecular flexibility index (Phi) is 11.8. The molecule has 164 valence electrons. The van der Waals surface area contributed by atoms with Gasteiger partial charge >= 0.3 is 11.9 Å². The molecule has 0 aliphatic heterocycles. The number of rotatable bonds is 9. The second-order valence-corrected chi connectivity index (χ2v) is 8.78. The van der Waals surface area contributed by atoms with E-state index in [0.29, 0.717) is 5.56 Å². The van der Waals surface area contributed by atoms with Gasteiger partial charge in [-0.3, -0.25) is 14.4 Å². The van der Waals surface area contributed by atoms with Crippen LogP contribution in [-0.4, -0.2) is 70.4 Å². The molecular formula is C16H21Cl2NO9S. The van der Waals surface area contributed by atoms with E-state index in [0.717, 1.165) is 6.26 Å². The molecule has 1 amide bonds. The number of nitrogens with one attached hydrogen (secondary N) is 1. The number of aliphatic carboxylic acids is 2. The molecule has 0 radical (unpaired) electrons. The van der Waals surface area contributed by atoms with Crippen LogP contribution in [0.3, 0.4) is 0 Å². The van der Waals surface area contributed by atoms with Crippen molar-refractivity contribution >= 4 is 50.9 Å². The van der Waals surface area contributed by atoms with E-state index in [1.165, 1.54) is 24.3 Å². The van der Waals surface area contributed by atoms with Crippen molar-refractivity contribution in [3.63, 3.8) is 0 Å². The molecule has 0 fully saturated rings. The Bertz CT molecular complexity index is 783. The van der Waals surface area contributed by atoms with Gasteiger partial charge in [-0.15, -0.1) is 0 Å². The van der Waals surface area contributed by atoms with Gasteiger partial charge in [-0.1, -0.05) is 35.3 Å². The Labute approximate surface area is 177 Å². The Morgan fingerprint density at radius 1 is 1.03 bits per heavy atom. The molecular weight excluding hydrogens is 453 g/mol. The van der Waals surface area contributed by atoms with E-state index in [2.05, 4.69) is 5.32 Å². The molecule has 13 heteroatoms. The smallest absolute Gasteiger partial charge is 0.303 e. The van der Waals surface area contributed by atoms with E-state index >= 15 is 0 Å². The van der Waals surface area contributed by atoms with Crippen LogP contribution in [0.1, 0.15) is 24.5 Å². The summed E-state index contributed by atoms with van der Waals surface area (Å²) >= 11 is 10.7. The van der Waals surface area contributed by atoms with Crippen LogP contribution in [0.25, 0.3) is 0 Å². The van der Waals surface area contributed by atoms with Crippen molar-refractivity contribution in [3.8, 4) is 0 Å². The lowest BCUT2D eigenvalue weighted by atomic mass is 10.0. The van der Waals surface area contributed by atoms with Crippen LogP contribution < -0.4 is 5.32 Å². The average molecular weight is 474 g/mol. The van der Waals surface area contributed by atoms with Crippen LogP contribution >= 0.6 is 23.2 Å². The normalized spacial score (nSPS) is 13.0. The van der Waals surface area contributed by atoms with Gasteiger partial charge in [-0.2, -0.15) is 0 Å². The van der Waals surface area contributed by atoms with Crippen molar-refractivity contribution in [1.29, 1.82) is 0 Å². The number of aliphatic hydroxyl groups is 2. The number of carboxylic acids is 2. The summed E-state index contributed by atoms with van der Waals surface area (Å²) in [6.07, 6.45) is -0.763. The first-order chi connectivity index (χ1) is 13.3. The number of alkyl halides is 2. The molecule has 5 N–H and O–H groups in total. The second kappa shape index (κ2) is 12.6. The van der Waals surface area contributed by atoms with Crippen molar-refractivity contribution in [2.75, 3.05) is 12.9 Å². The van der Waals surface area contributed by atoms with Crippen LogP contribution in [0.4, 0.5) is 0 Å². The van der Waals surface area contributed by atoms with E-state index in [4.69, 9.17) is 33.4 Å². The third-order valence-corrected chi connectivity index (χ3v) is 4.83. The van der Waals surface area contributed by atoms with Gasteiger partial charge in [0.05, 0.1) is 30.4 Å². The first-order valence-electron chi connectivity index (χ1n) is 7.90. The fourth-order valence-corrected chi connectivity index (χ4v) is 2.58. The van der Waals surface area contributed by atoms with Gasteiger partial charge in [0.1, 0.15) is 6.10 Å². The lowest BCUT2D eigenvalue weighted by Crippen LogP contribution is -2.44. The molecule has 0 saturated carbocycles. The molecule has 1 aromatic carbocycles. The highest BCUT2D eigenvalue weighted by molar-refractivity contribution is 7.90. The third kappa shape index (κ3) is 11.0. The monoisotopic (exact) mass is 473 g/mol. The van der Waals surface area contributed by atoms with Gasteiger partial charge in [-0.05, 0) is 17.7 Å². The predicted molar refractivity (Wildman–Crippen MR) is 104 cm³/mol. The van der Waals surface area contributed by atoms with Crippen molar-refractivity contribution in [3.05, 3.63) is 29.8 Å². The van der Waals surface area contributed by atoms with E-state index in [1.807, 2.05) is 0 Å². The van der Waals surface area contributed by atoms with Gasteiger partial charge in [0, 0.05) is 6.26 Å². The Morgan fingerprint density at radius 3 is 1.79 bits per heavy atom.